The van der Waals surface area contributed by atoms with Crippen LogP contribution in [0.15, 0.2) is 36.1 Å². The van der Waals surface area contributed by atoms with Crippen molar-refractivity contribution < 1.29 is 0 Å². The van der Waals surface area contributed by atoms with Crippen molar-refractivity contribution in [1.82, 2.24) is 29.1 Å². The predicted molar refractivity (Wildman–Crippen MR) is 95.0 cm³/mol. The molecule has 0 bridgehead atoms. The van der Waals surface area contributed by atoms with Crippen LogP contribution in [0, 0.1) is 6.92 Å². The number of fused-ring (bicyclic) bond motifs is 1. The topological polar surface area (TPSA) is 61.4 Å². The molecule has 0 aromatic carbocycles. The molecule has 4 heterocycles. The van der Waals surface area contributed by atoms with Crippen molar-refractivity contribution in [2.45, 2.75) is 33.4 Å². The molecule has 4 aromatic heterocycles. The zero-order valence-corrected chi connectivity index (χ0v) is 14.5. The van der Waals surface area contributed by atoms with Crippen LogP contribution in [0.2, 0.25) is 0 Å². The molecule has 0 radical (unpaired) electrons. The van der Waals surface area contributed by atoms with Gasteiger partial charge in [0.25, 0.3) is 0 Å². The number of hydrogen-bond donors (Lipinski definition) is 0. The number of aromatic nitrogens is 6. The van der Waals surface area contributed by atoms with Crippen molar-refractivity contribution in [1.29, 1.82) is 0 Å². The third-order valence-electron chi connectivity index (χ3n) is 3.91. The Morgan fingerprint density at radius 1 is 1.17 bits per heavy atom. The summed E-state index contributed by atoms with van der Waals surface area (Å²) in [6, 6.07) is 3.94. The molecule has 0 unspecified atom stereocenters. The number of rotatable bonds is 5. The van der Waals surface area contributed by atoms with E-state index in [-0.39, 0.29) is 0 Å². The van der Waals surface area contributed by atoms with E-state index in [1.54, 1.807) is 11.3 Å². The minimum atomic E-state index is 0.655. The first-order valence-electron chi connectivity index (χ1n) is 8.00. The van der Waals surface area contributed by atoms with Gasteiger partial charge in [0.05, 0.1) is 11.6 Å². The van der Waals surface area contributed by atoms with E-state index in [1.807, 2.05) is 43.0 Å². The fourth-order valence-corrected chi connectivity index (χ4v) is 3.46. The van der Waals surface area contributed by atoms with Crippen molar-refractivity contribution in [2.75, 3.05) is 0 Å². The first-order valence-corrected chi connectivity index (χ1v) is 8.88. The summed E-state index contributed by atoms with van der Waals surface area (Å²) >= 11 is 1.64. The van der Waals surface area contributed by atoms with Gasteiger partial charge < -0.3 is 9.13 Å². The Morgan fingerprint density at radius 3 is 2.88 bits per heavy atom. The molecule has 24 heavy (non-hydrogen) atoms. The highest BCUT2D eigenvalue weighted by Crippen LogP contribution is 2.22. The van der Waals surface area contributed by atoms with Gasteiger partial charge in [-0.2, -0.15) is 0 Å². The van der Waals surface area contributed by atoms with E-state index in [2.05, 4.69) is 31.0 Å². The average Bonchev–Trinajstić information content (AvgIpc) is 3.28. The molecule has 0 saturated carbocycles. The van der Waals surface area contributed by atoms with Gasteiger partial charge >= 0.3 is 0 Å². The summed E-state index contributed by atoms with van der Waals surface area (Å²) in [5.41, 5.74) is 2.80. The maximum absolute atomic E-state index is 4.78. The summed E-state index contributed by atoms with van der Waals surface area (Å²) in [5, 5.41) is 3.09. The summed E-state index contributed by atoms with van der Waals surface area (Å²) in [5.74, 6) is 1.87. The first-order chi connectivity index (χ1) is 11.8. The lowest BCUT2D eigenvalue weighted by molar-refractivity contribution is 0.623. The van der Waals surface area contributed by atoms with Crippen molar-refractivity contribution in [3.63, 3.8) is 0 Å². The van der Waals surface area contributed by atoms with E-state index in [9.17, 15) is 0 Å². The standard InChI is InChI=1S/C17H18N6S/c1-3-8-23-15(21-13-5-4-6-18-17(13)23)10-22-9-7-19-16(22)14-11-24-12(2)20-14/h4-7,9,11H,3,8,10H2,1-2H3. The van der Waals surface area contributed by atoms with Gasteiger partial charge in [-0.25, -0.2) is 19.9 Å². The summed E-state index contributed by atoms with van der Waals surface area (Å²) in [4.78, 5) is 18.3. The second kappa shape index (κ2) is 6.16. The lowest BCUT2D eigenvalue weighted by Crippen LogP contribution is -2.10. The number of thiazole rings is 1. The third-order valence-corrected chi connectivity index (χ3v) is 4.68. The molecule has 7 heteroatoms. The largest absolute Gasteiger partial charge is 0.322 e. The van der Waals surface area contributed by atoms with Gasteiger partial charge in [0.15, 0.2) is 11.5 Å². The highest BCUT2D eigenvalue weighted by Gasteiger charge is 2.15. The fraction of sp³-hybridized carbons (Fsp3) is 0.294. The molecule has 0 amide bonds. The second-order valence-corrected chi connectivity index (χ2v) is 6.72. The molecule has 0 N–H and O–H groups in total. The predicted octanol–water partition coefficient (Wildman–Crippen LogP) is 3.52. The maximum atomic E-state index is 4.78. The number of pyridine rings is 1. The van der Waals surface area contributed by atoms with E-state index < -0.39 is 0 Å². The SMILES string of the molecule is CCCn1c(Cn2ccnc2-c2csc(C)n2)nc2cccnc21. The van der Waals surface area contributed by atoms with Crippen LogP contribution in [0.4, 0.5) is 0 Å². The Bertz CT molecular complexity index is 980. The number of aryl methyl sites for hydroxylation is 2. The minimum Gasteiger partial charge on any atom is -0.322 e. The molecule has 4 aromatic rings. The Labute approximate surface area is 143 Å². The van der Waals surface area contributed by atoms with Crippen molar-refractivity contribution >= 4 is 22.5 Å². The van der Waals surface area contributed by atoms with Crippen LogP contribution < -0.4 is 0 Å². The van der Waals surface area contributed by atoms with E-state index in [4.69, 9.17) is 4.98 Å². The zero-order valence-electron chi connectivity index (χ0n) is 13.7. The van der Waals surface area contributed by atoms with Crippen LogP contribution in [-0.2, 0) is 13.1 Å². The lowest BCUT2D eigenvalue weighted by atomic mass is 10.4. The molecular formula is C17H18N6S. The van der Waals surface area contributed by atoms with Gasteiger partial charge in [-0.3, -0.25) is 0 Å². The fourth-order valence-electron chi connectivity index (χ4n) is 2.87. The number of imidazole rings is 2. The smallest absolute Gasteiger partial charge is 0.160 e. The van der Waals surface area contributed by atoms with E-state index in [0.717, 1.165) is 46.5 Å². The van der Waals surface area contributed by atoms with Gasteiger partial charge in [0.2, 0.25) is 0 Å². The highest BCUT2D eigenvalue weighted by molar-refractivity contribution is 7.09. The summed E-state index contributed by atoms with van der Waals surface area (Å²) < 4.78 is 4.30. The van der Waals surface area contributed by atoms with Crippen LogP contribution in [0.3, 0.4) is 0 Å². The lowest BCUT2D eigenvalue weighted by Gasteiger charge is -2.09. The van der Waals surface area contributed by atoms with Crippen LogP contribution in [-0.4, -0.2) is 29.1 Å². The molecule has 0 atom stereocenters. The van der Waals surface area contributed by atoms with E-state index >= 15 is 0 Å². The summed E-state index contributed by atoms with van der Waals surface area (Å²) in [7, 11) is 0. The zero-order chi connectivity index (χ0) is 16.5. The highest BCUT2D eigenvalue weighted by atomic mass is 32.1. The molecule has 122 valence electrons. The number of nitrogens with zero attached hydrogens (tertiary/aromatic N) is 6. The molecule has 0 aliphatic carbocycles. The Morgan fingerprint density at radius 2 is 2.08 bits per heavy atom. The molecule has 0 spiro atoms. The molecule has 0 fully saturated rings. The summed E-state index contributed by atoms with van der Waals surface area (Å²) in [6.45, 7) is 5.73. The maximum Gasteiger partial charge on any atom is 0.160 e. The van der Waals surface area contributed by atoms with Crippen molar-refractivity contribution in [3.05, 3.63) is 46.9 Å². The van der Waals surface area contributed by atoms with E-state index in [0.29, 0.717) is 6.54 Å². The molecule has 0 aliphatic heterocycles. The van der Waals surface area contributed by atoms with Crippen LogP contribution >= 0.6 is 11.3 Å². The normalized spacial score (nSPS) is 11.4. The molecule has 4 rings (SSSR count). The van der Waals surface area contributed by atoms with Crippen LogP contribution in [0.25, 0.3) is 22.7 Å². The number of hydrogen-bond acceptors (Lipinski definition) is 5. The molecular weight excluding hydrogens is 320 g/mol. The Balaban J connectivity index is 1.75. The van der Waals surface area contributed by atoms with Gasteiger partial charge in [-0.05, 0) is 25.5 Å². The van der Waals surface area contributed by atoms with Gasteiger partial charge in [-0.15, -0.1) is 11.3 Å². The van der Waals surface area contributed by atoms with E-state index in [1.165, 1.54) is 0 Å². The Hall–Kier alpha value is -2.54. The quantitative estimate of drug-likeness (QED) is 0.558. The third kappa shape index (κ3) is 2.60. The minimum absolute atomic E-state index is 0.655. The molecule has 0 aliphatic rings. The van der Waals surface area contributed by atoms with Gasteiger partial charge in [-0.1, -0.05) is 6.92 Å². The van der Waals surface area contributed by atoms with Crippen molar-refractivity contribution in [2.24, 2.45) is 0 Å². The monoisotopic (exact) mass is 338 g/mol. The molecule has 6 nitrogen and oxygen atoms in total. The first kappa shape index (κ1) is 15.0. The van der Waals surface area contributed by atoms with Gasteiger partial charge in [0, 0.05) is 30.5 Å². The van der Waals surface area contributed by atoms with Crippen LogP contribution in [0.5, 0.6) is 0 Å². The average molecular weight is 338 g/mol. The molecule has 0 saturated heterocycles. The van der Waals surface area contributed by atoms with Crippen molar-refractivity contribution in [3.8, 4) is 11.5 Å². The Kier molecular flexibility index (Phi) is 3.86. The van der Waals surface area contributed by atoms with Crippen LogP contribution in [0.1, 0.15) is 24.2 Å². The second-order valence-electron chi connectivity index (χ2n) is 5.66. The summed E-state index contributed by atoms with van der Waals surface area (Å²) in [6.07, 6.45) is 6.65. The van der Waals surface area contributed by atoms with Gasteiger partial charge in [0.1, 0.15) is 17.0 Å².